The van der Waals surface area contributed by atoms with Crippen molar-refractivity contribution in [3.8, 4) is 10.4 Å². The van der Waals surface area contributed by atoms with Crippen LogP contribution in [0.15, 0.2) is 18.2 Å². The number of benzene rings is 1. The second-order valence-electron chi connectivity index (χ2n) is 4.91. The van der Waals surface area contributed by atoms with Crippen molar-refractivity contribution in [1.29, 1.82) is 0 Å². The van der Waals surface area contributed by atoms with Gasteiger partial charge in [0.05, 0.1) is 6.61 Å². The summed E-state index contributed by atoms with van der Waals surface area (Å²) in [4.78, 5) is 13.7. The number of aryl methyl sites for hydroxylation is 2. The van der Waals surface area contributed by atoms with Crippen molar-refractivity contribution in [3.63, 3.8) is 0 Å². The summed E-state index contributed by atoms with van der Waals surface area (Å²) in [6.45, 7) is 4.25. The van der Waals surface area contributed by atoms with Gasteiger partial charge in [0.1, 0.15) is 4.88 Å². The smallest absolute Gasteiger partial charge is 0.348 e. The molecule has 0 aliphatic heterocycles. The third-order valence-corrected chi connectivity index (χ3v) is 5.33. The summed E-state index contributed by atoms with van der Waals surface area (Å²) in [7, 11) is 0. The Kier molecular flexibility index (Phi) is 3.57. The van der Waals surface area contributed by atoms with E-state index in [0.29, 0.717) is 11.5 Å². The summed E-state index contributed by atoms with van der Waals surface area (Å²) in [6.07, 6.45) is 1.86. The van der Waals surface area contributed by atoms with Crippen LogP contribution < -0.4 is 0 Å². The van der Waals surface area contributed by atoms with E-state index in [0.717, 1.165) is 28.3 Å². The average molecular weight is 307 g/mol. The van der Waals surface area contributed by atoms with Crippen LogP contribution in [0.5, 0.6) is 0 Å². The van der Waals surface area contributed by atoms with Crippen LogP contribution in [0.25, 0.3) is 10.4 Å². The molecule has 0 saturated carbocycles. The van der Waals surface area contributed by atoms with Gasteiger partial charge in [-0.25, -0.2) is 4.79 Å². The molecule has 3 rings (SSSR count). The normalized spacial score (nSPS) is 12.8. The Morgan fingerprint density at radius 3 is 2.95 bits per heavy atom. The summed E-state index contributed by atoms with van der Waals surface area (Å²) in [5.41, 5.74) is 4.71. The number of thiophene rings is 1. The Bertz CT molecular complexity index is 688. The molecule has 0 spiro atoms. The quantitative estimate of drug-likeness (QED) is 0.755. The first-order chi connectivity index (χ1) is 9.61. The predicted octanol–water partition coefficient (Wildman–Crippen LogP) is 4.65. The van der Waals surface area contributed by atoms with Gasteiger partial charge in [-0.05, 0) is 55.0 Å². The molecule has 104 valence electrons. The van der Waals surface area contributed by atoms with Crippen molar-refractivity contribution >= 4 is 28.9 Å². The lowest BCUT2D eigenvalue weighted by Gasteiger charge is -2.18. The molecular weight excluding hydrogens is 292 g/mol. The van der Waals surface area contributed by atoms with Gasteiger partial charge in [0.25, 0.3) is 0 Å². The Morgan fingerprint density at radius 2 is 2.20 bits per heavy atom. The van der Waals surface area contributed by atoms with Gasteiger partial charge < -0.3 is 4.74 Å². The van der Waals surface area contributed by atoms with Crippen LogP contribution in [0.4, 0.5) is 0 Å². The fraction of sp³-hybridized carbons (Fsp3) is 0.312. The van der Waals surface area contributed by atoms with Crippen molar-refractivity contribution < 1.29 is 9.53 Å². The van der Waals surface area contributed by atoms with Gasteiger partial charge >= 0.3 is 5.97 Å². The van der Waals surface area contributed by atoms with Crippen molar-refractivity contribution in [2.45, 2.75) is 26.7 Å². The van der Waals surface area contributed by atoms with Gasteiger partial charge in [0.2, 0.25) is 0 Å². The molecular formula is C16H15ClO2S. The molecule has 4 heteroatoms. The Morgan fingerprint density at radius 1 is 1.40 bits per heavy atom. The molecule has 1 aromatic carbocycles. The van der Waals surface area contributed by atoms with Crippen LogP contribution in [0.1, 0.15) is 33.3 Å². The fourth-order valence-corrected chi connectivity index (χ4v) is 4.02. The lowest BCUT2D eigenvalue weighted by atomic mass is 9.90. The average Bonchev–Trinajstić information content (AvgIpc) is 2.87. The number of esters is 1. The maximum atomic E-state index is 11.9. The number of carbonyl (C=O) groups is 1. The van der Waals surface area contributed by atoms with Crippen LogP contribution in [0.3, 0.4) is 0 Å². The van der Waals surface area contributed by atoms with E-state index in [2.05, 4.69) is 6.07 Å². The number of fused-ring (bicyclic) bond motifs is 3. The zero-order valence-corrected chi connectivity index (χ0v) is 13.0. The Labute approximate surface area is 127 Å². The molecule has 1 aromatic heterocycles. The molecule has 0 atom stereocenters. The highest BCUT2D eigenvalue weighted by molar-refractivity contribution is 7.17. The molecule has 0 amide bonds. The van der Waals surface area contributed by atoms with Gasteiger partial charge in [-0.15, -0.1) is 11.3 Å². The summed E-state index contributed by atoms with van der Waals surface area (Å²) >= 11 is 7.92. The second-order valence-corrected chi connectivity index (χ2v) is 6.34. The standard InChI is InChI=1S/C16H15ClO2S/c1-3-19-16(18)13-8-10-5-7-11-12(15(10)20-13)6-4-9(2)14(11)17/h4,6,8H,3,5,7H2,1-2H3. The maximum Gasteiger partial charge on any atom is 0.348 e. The number of rotatable bonds is 2. The van der Waals surface area contributed by atoms with Gasteiger partial charge in [0, 0.05) is 9.90 Å². The van der Waals surface area contributed by atoms with Gasteiger partial charge in [-0.1, -0.05) is 23.7 Å². The second kappa shape index (κ2) is 5.23. The maximum absolute atomic E-state index is 11.9. The van der Waals surface area contributed by atoms with Gasteiger partial charge in [-0.3, -0.25) is 0 Å². The van der Waals surface area contributed by atoms with Crippen molar-refractivity contribution in [2.75, 3.05) is 6.61 Å². The molecule has 0 N–H and O–H groups in total. The third-order valence-electron chi connectivity index (χ3n) is 3.61. The van der Waals surface area contributed by atoms with Crippen molar-refractivity contribution in [3.05, 3.63) is 44.8 Å². The highest BCUT2D eigenvalue weighted by Gasteiger charge is 2.24. The third kappa shape index (κ3) is 2.15. The lowest BCUT2D eigenvalue weighted by molar-refractivity contribution is 0.0532. The summed E-state index contributed by atoms with van der Waals surface area (Å²) in [5, 5.41) is 0.860. The molecule has 0 fully saturated rings. The molecule has 1 aliphatic rings. The summed E-state index contributed by atoms with van der Waals surface area (Å²) in [6, 6.07) is 6.12. The zero-order valence-electron chi connectivity index (χ0n) is 11.5. The fourth-order valence-electron chi connectivity index (χ4n) is 2.60. The molecule has 0 radical (unpaired) electrons. The van der Waals surface area contributed by atoms with Crippen molar-refractivity contribution in [1.82, 2.24) is 0 Å². The molecule has 0 bridgehead atoms. The van der Waals surface area contributed by atoms with E-state index >= 15 is 0 Å². The monoisotopic (exact) mass is 306 g/mol. The SMILES string of the molecule is CCOC(=O)c1cc2c(s1)-c1ccc(C)c(Cl)c1CC2. The molecule has 1 aliphatic carbocycles. The molecule has 0 saturated heterocycles. The summed E-state index contributed by atoms with van der Waals surface area (Å²) < 4.78 is 5.08. The number of hydrogen-bond donors (Lipinski definition) is 0. The lowest BCUT2D eigenvalue weighted by Crippen LogP contribution is -2.03. The van der Waals surface area contributed by atoms with Gasteiger partial charge in [-0.2, -0.15) is 0 Å². The van der Waals surface area contributed by atoms with E-state index in [1.54, 1.807) is 0 Å². The number of halogens is 1. The molecule has 1 heterocycles. The first-order valence-corrected chi connectivity index (χ1v) is 7.89. The Balaban J connectivity index is 2.08. The van der Waals surface area contributed by atoms with Crippen LogP contribution >= 0.6 is 22.9 Å². The number of hydrogen-bond acceptors (Lipinski definition) is 3. The molecule has 0 unspecified atom stereocenters. The minimum Gasteiger partial charge on any atom is -0.462 e. The van der Waals surface area contributed by atoms with E-state index in [1.165, 1.54) is 28.0 Å². The zero-order chi connectivity index (χ0) is 14.3. The van der Waals surface area contributed by atoms with Crippen LogP contribution in [0.2, 0.25) is 5.02 Å². The molecule has 2 nitrogen and oxygen atoms in total. The van der Waals surface area contributed by atoms with Crippen molar-refractivity contribution in [2.24, 2.45) is 0 Å². The largest absolute Gasteiger partial charge is 0.462 e. The van der Waals surface area contributed by atoms with Crippen LogP contribution in [0, 0.1) is 6.92 Å². The van der Waals surface area contributed by atoms with Crippen LogP contribution in [-0.2, 0) is 17.6 Å². The van der Waals surface area contributed by atoms with E-state index in [1.807, 2.05) is 26.0 Å². The minimum absolute atomic E-state index is 0.230. The highest BCUT2D eigenvalue weighted by atomic mass is 35.5. The van der Waals surface area contributed by atoms with E-state index < -0.39 is 0 Å². The highest BCUT2D eigenvalue weighted by Crippen LogP contribution is 2.42. The van der Waals surface area contributed by atoms with E-state index in [-0.39, 0.29) is 5.97 Å². The number of ether oxygens (including phenoxy) is 1. The molecule has 20 heavy (non-hydrogen) atoms. The first-order valence-electron chi connectivity index (χ1n) is 6.70. The van der Waals surface area contributed by atoms with E-state index in [9.17, 15) is 4.79 Å². The topological polar surface area (TPSA) is 26.3 Å². The Hall–Kier alpha value is -1.32. The molecule has 2 aromatic rings. The minimum atomic E-state index is -0.230. The number of carbonyl (C=O) groups excluding carboxylic acids is 1. The predicted molar refractivity (Wildman–Crippen MR) is 82.9 cm³/mol. The van der Waals surface area contributed by atoms with Gasteiger partial charge in [0.15, 0.2) is 0 Å². The summed E-state index contributed by atoms with van der Waals surface area (Å²) in [5.74, 6) is -0.230. The van der Waals surface area contributed by atoms with Crippen LogP contribution in [-0.4, -0.2) is 12.6 Å². The van der Waals surface area contributed by atoms with E-state index in [4.69, 9.17) is 16.3 Å². The first kappa shape index (κ1) is 13.7.